The fourth-order valence-electron chi connectivity index (χ4n) is 1.17. The van der Waals surface area contributed by atoms with Crippen LogP contribution in [0.25, 0.3) is 0 Å². The van der Waals surface area contributed by atoms with Gasteiger partial charge in [0.1, 0.15) is 0 Å². The fraction of sp³-hybridized carbons (Fsp3) is 0.667. The molecule has 2 N–H and O–H groups in total. The molecule has 3 heteroatoms. The number of aromatic nitrogens is 1. The average Bonchev–Trinajstić information content (AvgIpc) is 2.61. The van der Waals surface area contributed by atoms with E-state index in [-0.39, 0.29) is 5.54 Å². The fourth-order valence-corrected chi connectivity index (χ4v) is 2.25. The summed E-state index contributed by atoms with van der Waals surface area (Å²) in [6.07, 6.45) is 4.21. The topological polar surface area (TPSA) is 38.9 Å². The monoisotopic (exact) mass is 182 g/mol. The minimum Gasteiger partial charge on any atom is -0.321 e. The molecule has 0 unspecified atom stereocenters. The lowest BCUT2D eigenvalue weighted by Gasteiger charge is -2.02. The lowest BCUT2D eigenvalue weighted by atomic mass is 10.2. The number of hydrogen-bond acceptors (Lipinski definition) is 3. The van der Waals surface area contributed by atoms with E-state index in [4.69, 9.17) is 5.73 Å². The van der Waals surface area contributed by atoms with E-state index >= 15 is 0 Å². The first-order valence-electron chi connectivity index (χ1n) is 4.37. The summed E-state index contributed by atoms with van der Waals surface area (Å²) in [6.45, 7) is 4.33. The molecule has 12 heavy (non-hydrogen) atoms. The van der Waals surface area contributed by atoms with Gasteiger partial charge in [-0.05, 0) is 12.8 Å². The molecule has 0 atom stereocenters. The second kappa shape index (κ2) is 2.54. The summed E-state index contributed by atoms with van der Waals surface area (Å²) in [5.74, 6) is 0.533. The summed E-state index contributed by atoms with van der Waals surface area (Å²) in [5.41, 5.74) is 6.06. The van der Waals surface area contributed by atoms with Crippen LogP contribution in [0.1, 0.15) is 42.5 Å². The van der Waals surface area contributed by atoms with Gasteiger partial charge in [0.05, 0.1) is 10.5 Å². The van der Waals surface area contributed by atoms with E-state index < -0.39 is 0 Å². The highest BCUT2D eigenvalue weighted by atomic mass is 32.1. The van der Waals surface area contributed by atoms with Crippen molar-refractivity contribution in [3.05, 3.63) is 16.1 Å². The maximum absolute atomic E-state index is 6.05. The molecule has 2 rings (SSSR count). The van der Waals surface area contributed by atoms with Gasteiger partial charge >= 0.3 is 0 Å². The standard InChI is InChI=1S/C9H14N2S/c1-6(2)8-11-5-7(12-8)9(10)3-4-9/h5-6H,3-4,10H2,1-2H3. The lowest BCUT2D eigenvalue weighted by molar-refractivity contribution is 0.756. The summed E-state index contributed by atoms with van der Waals surface area (Å²) < 4.78 is 0. The van der Waals surface area contributed by atoms with Crippen molar-refractivity contribution >= 4 is 11.3 Å². The van der Waals surface area contributed by atoms with Gasteiger partial charge in [-0.15, -0.1) is 11.3 Å². The third-order valence-corrected chi connectivity index (χ3v) is 3.81. The minimum absolute atomic E-state index is 0.00477. The van der Waals surface area contributed by atoms with Crippen molar-refractivity contribution in [1.82, 2.24) is 4.98 Å². The van der Waals surface area contributed by atoms with E-state index in [0.29, 0.717) is 5.92 Å². The van der Waals surface area contributed by atoms with Gasteiger partial charge in [-0.3, -0.25) is 0 Å². The maximum Gasteiger partial charge on any atom is 0.0953 e. The second-order valence-electron chi connectivity index (χ2n) is 3.87. The Morgan fingerprint density at radius 3 is 2.67 bits per heavy atom. The molecule has 66 valence electrons. The number of rotatable bonds is 2. The Labute approximate surface area is 76.8 Å². The van der Waals surface area contributed by atoms with E-state index in [1.54, 1.807) is 11.3 Å². The molecule has 0 aromatic carbocycles. The van der Waals surface area contributed by atoms with Gasteiger partial charge in [0.2, 0.25) is 0 Å². The number of nitrogens with zero attached hydrogens (tertiary/aromatic N) is 1. The van der Waals surface area contributed by atoms with Crippen molar-refractivity contribution in [2.45, 2.75) is 38.1 Å². The van der Waals surface area contributed by atoms with E-state index in [1.807, 2.05) is 6.20 Å². The van der Waals surface area contributed by atoms with Crippen molar-refractivity contribution in [3.63, 3.8) is 0 Å². The van der Waals surface area contributed by atoms with Gasteiger partial charge < -0.3 is 5.73 Å². The SMILES string of the molecule is CC(C)c1ncc(C2(N)CC2)s1. The summed E-state index contributed by atoms with van der Waals surface area (Å²) in [5, 5.41) is 1.21. The Bertz CT molecular complexity index is 286. The Morgan fingerprint density at radius 2 is 2.25 bits per heavy atom. The normalized spacial score (nSPS) is 20.0. The third kappa shape index (κ3) is 1.27. The van der Waals surface area contributed by atoms with E-state index in [9.17, 15) is 0 Å². The molecule has 1 aliphatic rings. The first kappa shape index (κ1) is 8.20. The Kier molecular flexibility index (Phi) is 1.73. The molecule has 1 aromatic rings. The number of thiazole rings is 1. The van der Waals surface area contributed by atoms with Crippen LogP contribution in [0.15, 0.2) is 6.20 Å². The second-order valence-corrected chi connectivity index (χ2v) is 4.94. The van der Waals surface area contributed by atoms with Crippen LogP contribution in [0, 0.1) is 0 Å². The Hall–Kier alpha value is -0.410. The van der Waals surface area contributed by atoms with Crippen molar-refractivity contribution in [1.29, 1.82) is 0 Å². The maximum atomic E-state index is 6.05. The Morgan fingerprint density at radius 1 is 1.58 bits per heavy atom. The van der Waals surface area contributed by atoms with Crippen LogP contribution in [0.5, 0.6) is 0 Å². The van der Waals surface area contributed by atoms with Gasteiger partial charge in [0.15, 0.2) is 0 Å². The number of nitrogens with two attached hydrogens (primary N) is 1. The number of hydrogen-bond donors (Lipinski definition) is 1. The van der Waals surface area contributed by atoms with Gasteiger partial charge in [-0.1, -0.05) is 13.8 Å². The lowest BCUT2D eigenvalue weighted by Crippen LogP contribution is -2.16. The highest BCUT2D eigenvalue weighted by molar-refractivity contribution is 7.11. The molecule has 0 radical (unpaired) electrons. The predicted octanol–water partition coefficient (Wildman–Crippen LogP) is 2.21. The average molecular weight is 182 g/mol. The zero-order valence-corrected chi connectivity index (χ0v) is 8.32. The van der Waals surface area contributed by atoms with Crippen molar-refractivity contribution in [2.75, 3.05) is 0 Å². The van der Waals surface area contributed by atoms with Gasteiger partial charge in [0, 0.05) is 17.0 Å². The largest absolute Gasteiger partial charge is 0.321 e. The zero-order chi connectivity index (χ0) is 8.77. The van der Waals surface area contributed by atoms with E-state index in [2.05, 4.69) is 18.8 Å². The summed E-state index contributed by atoms with van der Waals surface area (Å²) >= 11 is 1.77. The first-order chi connectivity index (χ1) is 5.62. The van der Waals surface area contributed by atoms with Crippen LogP contribution in [0.2, 0.25) is 0 Å². The molecule has 2 nitrogen and oxygen atoms in total. The van der Waals surface area contributed by atoms with Crippen LogP contribution in [0.3, 0.4) is 0 Å². The van der Waals surface area contributed by atoms with Crippen molar-refractivity contribution in [3.8, 4) is 0 Å². The van der Waals surface area contributed by atoms with Crippen LogP contribution < -0.4 is 5.73 Å². The summed E-state index contributed by atoms with van der Waals surface area (Å²) in [4.78, 5) is 5.63. The van der Waals surface area contributed by atoms with Crippen molar-refractivity contribution in [2.24, 2.45) is 5.73 Å². The van der Waals surface area contributed by atoms with Crippen LogP contribution in [-0.4, -0.2) is 4.98 Å². The predicted molar refractivity (Wildman–Crippen MR) is 51.3 cm³/mol. The molecule has 1 aliphatic carbocycles. The van der Waals surface area contributed by atoms with Crippen molar-refractivity contribution < 1.29 is 0 Å². The van der Waals surface area contributed by atoms with Gasteiger partial charge in [-0.2, -0.15) is 0 Å². The molecule has 1 fully saturated rings. The van der Waals surface area contributed by atoms with E-state index in [1.165, 1.54) is 9.88 Å². The third-order valence-electron chi connectivity index (χ3n) is 2.30. The molecular formula is C9H14N2S. The first-order valence-corrected chi connectivity index (χ1v) is 5.18. The molecule has 0 amide bonds. The van der Waals surface area contributed by atoms with E-state index in [0.717, 1.165) is 12.8 Å². The molecular weight excluding hydrogens is 168 g/mol. The van der Waals surface area contributed by atoms with Gasteiger partial charge in [0.25, 0.3) is 0 Å². The van der Waals surface area contributed by atoms with Gasteiger partial charge in [-0.25, -0.2) is 4.98 Å². The molecule has 0 aliphatic heterocycles. The smallest absolute Gasteiger partial charge is 0.0953 e. The highest BCUT2D eigenvalue weighted by Crippen LogP contribution is 2.45. The van der Waals surface area contributed by atoms with Crippen LogP contribution in [-0.2, 0) is 5.54 Å². The zero-order valence-electron chi connectivity index (χ0n) is 7.50. The molecule has 0 bridgehead atoms. The quantitative estimate of drug-likeness (QED) is 0.761. The molecule has 1 heterocycles. The minimum atomic E-state index is 0.00477. The summed E-state index contributed by atoms with van der Waals surface area (Å²) in [7, 11) is 0. The molecule has 0 spiro atoms. The van der Waals surface area contributed by atoms with Crippen LogP contribution >= 0.6 is 11.3 Å². The van der Waals surface area contributed by atoms with Crippen LogP contribution in [0.4, 0.5) is 0 Å². The molecule has 0 saturated heterocycles. The highest BCUT2D eigenvalue weighted by Gasteiger charge is 2.41. The molecule has 1 aromatic heterocycles. The Balaban J connectivity index is 2.25. The molecule has 1 saturated carbocycles. The summed E-state index contributed by atoms with van der Waals surface area (Å²) in [6, 6.07) is 0.